The zero-order chi connectivity index (χ0) is 29.0. The van der Waals surface area contributed by atoms with Crippen LogP contribution in [0.1, 0.15) is 31.7 Å². The minimum Gasteiger partial charge on any atom is -0.440 e. The highest BCUT2D eigenvalue weighted by molar-refractivity contribution is 5.91. The number of para-hydroxylation sites is 2. The number of ether oxygens (including phenoxy) is 1. The Labute approximate surface area is 238 Å². The maximum Gasteiger partial charge on any atom is 0.415 e. The summed E-state index contributed by atoms with van der Waals surface area (Å²) in [5.74, 6) is -1.36. The summed E-state index contributed by atoms with van der Waals surface area (Å²) in [6.07, 6.45) is 1.51. The van der Waals surface area contributed by atoms with Crippen LogP contribution in [-0.2, 0) is 16.1 Å². The molecule has 0 N–H and O–H groups in total. The maximum absolute atomic E-state index is 14.8. The van der Waals surface area contributed by atoms with Crippen molar-refractivity contribution in [1.82, 2.24) is 0 Å². The van der Waals surface area contributed by atoms with E-state index in [-0.39, 0.29) is 35.8 Å². The zero-order valence-corrected chi connectivity index (χ0v) is 23.1. The number of carbonyl (C=O) groups excluding carboxylic acids is 2. The Bertz CT molecular complexity index is 1380. The van der Waals surface area contributed by atoms with Crippen molar-refractivity contribution in [3.63, 3.8) is 0 Å². The molecule has 0 spiro atoms. The van der Waals surface area contributed by atoms with Crippen LogP contribution in [0.25, 0.3) is 0 Å². The molecule has 6 rings (SSSR count). The minimum absolute atomic E-state index is 0.0361. The van der Waals surface area contributed by atoms with Gasteiger partial charge in [-0.1, -0.05) is 36.4 Å². The summed E-state index contributed by atoms with van der Waals surface area (Å²) in [5.41, 5.74) is 1.02. The number of hydrogen-bond donors (Lipinski definition) is 0. The quantitative estimate of drug-likeness (QED) is 0.286. The number of anilines is 2. The van der Waals surface area contributed by atoms with E-state index in [1.54, 1.807) is 42.5 Å². The summed E-state index contributed by atoms with van der Waals surface area (Å²) in [6, 6.07) is 18.0. The highest BCUT2D eigenvalue weighted by Crippen LogP contribution is 2.37. The molecule has 0 radical (unpaired) electrons. The minimum atomic E-state index is -0.640. The molecule has 9 heteroatoms. The SMILES string of the molecule is CC(=O)N(CCC[N+]12CCC(CC1)C(OC(=O)N(Cc1ccc(F)cc1)c1ccccc1F)C2)c1ccccc1F. The number of nitrogens with zero attached hydrogens (tertiary/aromatic N) is 3. The van der Waals surface area contributed by atoms with Gasteiger partial charge in [0.15, 0.2) is 6.10 Å². The number of rotatable bonds is 9. The van der Waals surface area contributed by atoms with Gasteiger partial charge >= 0.3 is 6.09 Å². The fourth-order valence-corrected chi connectivity index (χ4v) is 6.24. The fourth-order valence-electron chi connectivity index (χ4n) is 6.24. The number of halogens is 3. The van der Waals surface area contributed by atoms with E-state index in [9.17, 15) is 22.8 Å². The van der Waals surface area contributed by atoms with Crippen LogP contribution in [0.3, 0.4) is 0 Å². The third-order valence-corrected chi connectivity index (χ3v) is 8.45. The monoisotopic (exact) mass is 566 g/mol. The van der Waals surface area contributed by atoms with Crippen LogP contribution in [-0.4, -0.2) is 55.3 Å². The predicted molar refractivity (Wildman–Crippen MR) is 151 cm³/mol. The number of amides is 2. The molecule has 3 aliphatic rings. The van der Waals surface area contributed by atoms with Crippen molar-refractivity contribution in [1.29, 1.82) is 0 Å². The molecule has 41 heavy (non-hydrogen) atoms. The molecule has 3 saturated heterocycles. The normalized spacial score (nSPS) is 21.4. The van der Waals surface area contributed by atoms with E-state index in [2.05, 4.69) is 0 Å². The lowest BCUT2D eigenvalue weighted by Crippen LogP contribution is -2.65. The van der Waals surface area contributed by atoms with Crippen LogP contribution in [0.5, 0.6) is 0 Å². The molecular weight excluding hydrogens is 531 g/mol. The first-order valence-corrected chi connectivity index (χ1v) is 14.1. The molecule has 0 aliphatic carbocycles. The Hall–Kier alpha value is -3.85. The van der Waals surface area contributed by atoms with E-state index >= 15 is 0 Å². The number of piperidine rings is 3. The lowest BCUT2D eigenvalue weighted by molar-refractivity contribution is -0.946. The summed E-state index contributed by atoms with van der Waals surface area (Å²) < 4.78 is 49.5. The van der Waals surface area contributed by atoms with Crippen LogP contribution in [0.15, 0.2) is 72.8 Å². The van der Waals surface area contributed by atoms with Gasteiger partial charge in [0.05, 0.1) is 37.6 Å². The average Bonchev–Trinajstić information content (AvgIpc) is 2.96. The third-order valence-electron chi connectivity index (χ3n) is 8.45. The first-order valence-electron chi connectivity index (χ1n) is 14.1. The van der Waals surface area contributed by atoms with Gasteiger partial charge in [-0.15, -0.1) is 0 Å². The Morgan fingerprint density at radius 1 is 0.854 bits per heavy atom. The maximum atomic E-state index is 14.8. The predicted octanol–water partition coefficient (Wildman–Crippen LogP) is 6.30. The highest BCUT2D eigenvalue weighted by atomic mass is 19.1. The van der Waals surface area contributed by atoms with Gasteiger partial charge in [-0.2, -0.15) is 0 Å². The van der Waals surface area contributed by atoms with Crippen LogP contribution >= 0.6 is 0 Å². The lowest BCUT2D eigenvalue weighted by Gasteiger charge is -2.52. The van der Waals surface area contributed by atoms with Crippen molar-refractivity contribution in [2.75, 3.05) is 42.5 Å². The molecule has 1 atom stereocenters. The van der Waals surface area contributed by atoms with Crippen LogP contribution in [0.4, 0.5) is 29.3 Å². The largest absolute Gasteiger partial charge is 0.440 e. The molecular formula is C32H35F3N3O3+. The Morgan fingerprint density at radius 3 is 2.02 bits per heavy atom. The van der Waals surface area contributed by atoms with Crippen molar-refractivity contribution >= 4 is 23.4 Å². The van der Waals surface area contributed by atoms with Crippen molar-refractivity contribution in [2.45, 2.75) is 38.8 Å². The number of quaternary nitrogens is 1. The van der Waals surface area contributed by atoms with Gasteiger partial charge in [-0.3, -0.25) is 9.69 Å². The Morgan fingerprint density at radius 2 is 1.44 bits per heavy atom. The van der Waals surface area contributed by atoms with Gasteiger partial charge in [0.2, 0.25) is 5.91 Å². The van der Waals surface area contributed by atoms with Gasteiger partial charge in [0, 0.05) is 38.6 Å². The lowest BCUT2D eigenvalue weighted by atomic mass is 9.83. The molecule has 3 heterocycles. The molecule has 3 aromatic rings. The third kappa shape index (κ3) is 6.56. The van der Waals surface area contributed by atoms with Crippen LogP contribution in [0.2, 0.25) is 0 Å². The Balaban J connectivity index is 1.27. The Kier molecular flexibility index (Phi) is 8.63. The summed E-state index contributed by atoms with van der Waals surface area (Å²) in [5, 5.41) is 0. The van der Waals surface area contributed by atoms with Gasteiger partial charge in [0.25, 0.3) is 0 Å². The zero-order valence-electron chi connectivity index (χ0n) is 23.1. The summed E-state index contributed by atoms with van der Waals surface area (Å²) in [6.45, 7) is 5.17. The van der Waals surface area contributed by atoms with Gasteiger partial charge in [0.1, 0.15) is 24.0 Å². The molecule has 6 nitrogen and oxygen atoms in total. The van der Waals surface area contributed by atoms with E-state index in [0.717, 1.165) is 37.0 Å². The molecule has 216 valence electrons. The van der Waals surface area contributed by atoms with Gasteiger partial charge in [-0.05, 0) is 42.0 Å². The molecule has 3 aromatic carbocycles. The number of benzene rings is 3. The first-order chi connectivity index (χ1) is 19.7. The number of hydrogen-bond acceptors (Lipinski definition) is 3. The van der Waals surface area contributed by atoms with Crippen LogP contribution in [0, 0.1) is 23.4 Å². The fraction of sp³-hybridized carbons (Fsp3) is 0.375. The second kappa shape index (κ2) is 12.3. The van der Waals surface area contributed by atoms with E-state index in [1.807, 2.05) is 0 Å². The van der Waals surface area contributed by atoms with Crippen molar-refractivity contribution in [2.24, 2.45) is 5.92 Å². The molecule has 0 saturated carbocycles. The molecule has 2 bridgehead atoms. The number of fused-ring (bicyclic) bond motifs is 3. The van der Waals surface area contributed by atoms with E-state index < -0.39 is 23.5 Å². The molecule has 3 fully saturated rings. The van der Waals surface area contributed by atoms with Crippen LogP contribution < -0.4 is 9.80 Å². The second-order valence-corrected chi connectivity index (χ2v) is 11.1. The van der Waals surface area contributed by atoms with Gasteiger partial charge in [-0.25, -0.2) is 18.0 Å². The van der Waals surface area contributed by atoms with E-state index in [4.69, 9.17) is 4.74 Å². The molecule has 3 aliphatic heterocycles. The summed E-state index contributed by atoms with van der Waals surface area (Å²) >= 11 is 0. The standard InChI is InChI=1S/C32H35F3N3O3/c1-23(39)36(29-9-4-2-7-27(29)34)17-6-18-38-19-15-25(16-20-38)31(22-38)41-32(40)37(30-10-5-3-8-28(30)35)21-24-11-13-26(33)14-12-24/h2-5,7-14,25,31H,6,15-22H2,1H3/q+1. The smallest absolute Gasteiger partial charge is 0.415 e. The van der Waals surface area contributed by atoms with Crippen molar-refractivity contribution in [3.8, 4) is 0 Å². The summed E-state index contributed by atoms with van der Waals surface area (Å²) in [4.78, 5) is 28.6. The average molecular weight is 567 g/mol. The molecule has 1 unspecified atom stereocenters. The highest BCUT2D eigenvalue weighted by Gasteiger charge is 2.47. The molecule has 0 aromatic heterocycles. The van der Waals surface area contributed by atoms with E-state index in [0.29, 0.717) is 25.1 Å². The van der Waals surface area contributed by atoms with E-state index in [1.165, 1.54) is 47.1 Å². The topological polar surface area (TPSA) is 49.9 Å². The molecule has 2 amide bonds. The van der Waals surface area contributed by atoms with Gasteiger partial charge < -0.3 is 14.1 Å². The van der Waals surface area contributed by atoms with Crippen molar-refractivity contribution < 1.29 is 32.0 Å². The second-order valence-electron chi connectivity index (χ2n) is 11.1. The van der Waals surface area contributed by atoms with Crippen molar-refractivity contribution in [3.05, 3.63) is 95.8 Å². The number of carbonyl (C=O) groups is 2. The first kappa shape index (κ1) is 28.7. The summed E-state index contributed by atoms with van der Waals surface area (Å²) in [7, 11) is 0.